The van der Waals surface area contributed by atoms with Gasteiger partial charge >= 0.3 is 0 Å². The Balaban J connectivity index is 1.89. The SMILES string of the molecule is CCCc1cc2c(cc1NC=C(C#N)c1nn[nH]n1)OCO2. The number of nitrogens with one attached hydrogen (secondary N) is 2. The molecule has 22 heavy (non-hydrogen) atoms. The van der Waals surface area contributed by atoms with Gasteiger partial charge in [0.2, 0.25) is 12.6 Å². The number of hydrogen-bond donors (Lipinski definition) is 2. The molecular weight excluding hydrogens is 284 g/mol. The molecule has 2 N–H and O–H groups in total. The first kappa shape index (κ1) is 13.9. The number of nitrogens with zero attached hydrogens (tertiary/aromatic N) is 4. The summed E-state index contributed by atoms with van der Waals surface area (Å²) in [6.45, 7) is 2.33. The van der Waals surface area contributed by atoms with Crippen LogP contribution in [-0.4, -0.2) is 27.4 Å². The molecule has 2 heterocycles. The Morgan fingerprint density at radius 1 is 1.45 bits per heavy atom. The van der Waals surface area contributed by atoms with E-state index in [1.54, 1.807) is 6.20 Å². The lowest BCUT2D eigenvalue weighted by atomic mass is 10.1. The van der Waals surface area contributed by atoms with Crippen molar-refractivity contribution in [3.05, 3.63) is 29.7 Å². The molecule has 0 fully saturated rings. The lowest BCUT2D eigenvalue weighted by Crippen LogP contribution is -1.97. The van der Waals surface area contributed by atoms with Crippen LogP contribution < -0.4 is 14.8 Å². The summed E-state index contributed by atoms with van der Waals surface area (Å²) >= 11 is 0. The zero-order valence-corrected chi connectivity index (χ0v) is 12.0. The Bertz CT molecular complexity index is 733. The first-order valence-electron chi connectivity index (χ1n) is 6.85. The zero-order valence-electron chi connectivity index (χ0n) is 12.0. The number of H-pyrrole nitrogens is 1. The Morgan fingerprint density at radius 2 is 2.27 bits per heavy atom. The van der Waals surface area contributed by atoms with E-state index in [0.29, 0.717) is 5.75 Å². The number of allylic oxidation sites excluding steroid dienone is 1. The minimum Gasteiger partial charge on any atom is -0.454 e. The third kappa shape index (κ3) is 2.69. The van der Waals surface area contributed by atoms with Gasteiger partial charge in [0.15, 0.2) is 11.5 Å². The number of ether oxygens (including phenoxy) is 2. The summed E-state index contributed by atoms with van der Waals surface area (Å²) in [6.07, 6.45) is 3.44. The second kappa shape index (κ2) is 6.13. The van der Waals surface area contributed by atoms with Gasteiger partial charge in [-0.15, -0.1) is 10.2 Å². The predicted octanol–water partition coefficient (Wildman–Crippen LogP) is 1.86. The molecule has 3 rings (SSSR count). The Labute approximate surface area is 126 Å². The highest BCUT2D eigenvalue weighted by Gasteiger charge is 2.17. The fourth-order valence-electron chi connectivity index (χ4n) is 2.17. The minimum atomic E-state index is 0.229. The predicted molar refractivity (Wildman–Crippen MR) is 78.0 cm³/mol. The summed E-state index contributed by atoms with van der Waals surface area (Å²) in [6, 6.07) is 5.87. The van der Waals surface area contributed by atoms with E-state index in [2.05, 4.69) is 32.9 Å². The van der Waals surface area contributed by atoms with E-state index >= 15 is 0 Å². The molecule has 0 amide bonds. The van der Waals surface area contributed by atoms with E-state index in [-0.39, 0.29) is 18.2 Å². The molecule has 0 spiro atoms. The van der Waals surface area contributed by atoms with Crippen LogP contribution in [0.1, 0.15) is 24.7 Å². The van der Waals surface area contributed by atoms with Crippen LogP contribution in [0.5, 0.6) is 11.5 Å². The quantitative estimate of drug-likeness (QED) is 0.811. The first-order valence-corrected chi connectivity index (χ1v) is 6.85. The standard InChI is InChI=1S/C14H14N6O2/c1-2-3-9-4-12-13(22-8-21-12)5-11(9)16-7-10(6-15)14-17-19-20-18-14/h4-5,7,16H,2-3,8H2,1H3,(H,17,18,19,20). The molecule has 1 aliphatic heterocycles. The van der Waals surface area contributed by atoms with Crippen molar-refractivity contribution >= 4 is 11.3 Å². The van der Waals surface area contributed by atoms with E-state index in [1.165, 1.54) is 0 Å². The van der Waals surface area contributed by atoms with Gasteiger partial charge in [-0.25, -0.2) is 0 Å². The van der Waals surface area contributed by atoms with Crippen LogP contribution in [0.2, 0.25) is 0 Å². The average molecular weight is 298 g/mol. The van der Waals surface area contributed by atoms with Gasteiger partial charge in [-0.2, -0.15) is 10.5 Å². The maximum Gasteiger partial charge on any atom is 0.231 e. The summed E-state index contributed by atoms with van der Waals surface area (Å²) in [5.74, 6) is 1.68. The summed E-state index contributed by atoms with van der Waals surface area (Å²) in [5.41, 5.74) is 2.24. The number of anilines is 1. The summed E-state index contributed by atoms with van der Waals surface area (Å²) in [5, 5.41) is 25.7. The Kier molecular flexibility index (Phi) is 3.87. The molecule has 0 unspecified atom stereocenters. The zero-order chi connectivity index (χ0) is 15.4. The van der Waals surface area contributed by atoms with Crippen molar-refractivity contribution in [3.63, 3.8) is 0 Å². The van der Waals surface area contributed by atoms with E-state index in [4.69, 9.17) is 9.47 Å². The molecule has 112 valence electrons. The highest BCUT2D eigenvalue weighted by molar-refractivity contribution is 5.75. The number of rotatable bonds is 5. The van der Waals surface area contributed by atoms with E-state index in [1.807, 2.05) is 18.2 Å². The van der Waals surface area contributed by atoms with Crippen LogP contribution in [0.15, 0.2) is 18.3 Å². The van der Waals surface area contributed by atoms with Gasteiger partial charge in [-0.3, -0.25) is 0 Å². The highest BCUT2D eigenvalue weighted by atomic mass is 16.7. The molecule has 2 aromatic rings. The van der Waals surface area contributed by atoms with Gasteiger partial charge in [0.1, 0.15) is 11.6 Å². The van der Waals surface area contributed by atoms with Crippen LogP contribution in [0, 0.1) is 11.3 Å². The average Bonchev–Trinajstić information content (AvgIpc) is 3.19. The second-order valence-electron chi connectivity index (χ2n) is 4.66. The molecule has 1 aromatic carbocycles. The van der Waals surface area contributed by atoms with Crippen LogP contribution >= 0.6 is 0 Å². The minimum absolute atomic E-state index is 0.229. The fourth-order valence-corrected chi connectivity index (χ4v) is 2.17. The number of aryl methyl sites for hydroxylation is 1. The molecule has 1 aliphatic rings. The Morgan fingerprint density at radius 3 is 2.95 bits per heavy atom. The number of nitriles is 1. The molecule has 8 heteroatoms. The van der Waals surface area contributed by atoms with Gasteiger partial charge in [0.25, 0.3) is 0 Å². The summed E-state index contributed by atoms with van der Waals surface area (Å²) in [7, 11) is 0. The van der Waals surface area contributed by atoms with E-state index < -0.39 is 0 Å². The van der Waals surface area contributed by atoms with Gasteiger partial charge in [-0.1, -0.05) is 13.3 Å². The molecule has 0 saturated heterocycles. The molecule has 0 atom stereocenters. The number of tetrazole rings is 1. The second-order valence-corrected chi connectivity index (χ2v) is 4.66. The normalized spacial score (nSPS) is 13.0. The van der Waals surface area contributed by atoms with Gasteiger partial charge in [-0.05, 0) is 23.3 Å². The van der Waals surface area contributed by atoms with Gasteiger partial charge in [0.05, 0.1) is 0 Å². The van der Waals surface area contributed by atoms with Crippen LogP contribution in [0.25, 0.3) is 5.57 Å². The highest BCUT2D eigenvalue weighted by Crippen LogP contribution is 2.37. The molecule has 8 nitrogen and oxygen atoms in total. The van der Waals surface area contributed by atoms with Crippen molar-refractivity contribution in [1.29, 1.82) is 5.26 Å². The Hall–Kier alpha value is -3.08. The van der Waals surface area contributed by atoms with Crippen molar-refractivity contribution in [2.24, 2.45) is 0 Å². The summed E-state index contributed by atoms with van der Waals surface area (Å²) < 4.78 is 10.8. The molecule has 0 saturated carbocycles. The molecule has 0 bridgehead atoms. The van der Waals surface area contributed by atoms with Crippen molar-refractivity contribution in [1.82, 2.24) is 20.6 Å². The molecule has 0 radical (unpaired) electrons. The third-order valence-electron chi connectivity index (χ3n) is 3.20. The molecular formula is C14H14N6O2. The fraction of sp³-hybridized carbons (Fsp3) is 0.286. The topological polar surface area (TPSA) is 109 Å². The summed E-state index contributed by atoms with van der Waals surface area (Å²) in [4.78, 5) is 0. The van der Waals surface area contributed by atoms with E-state index in [0.717, 1.165) is 29.8 Å². The van der Waals surface area contributed by atoms with Crippen LogP contribution in [0.3, 0.4) is 0 Å². The number of aromatic amines is 1. The molecule has 0 aliphatic carbocycles. The third-order valence-corrected chi connectivity index (χ3v) is 3.20. The van der Waals surface area contributed by atoms with Crippen molar-refractivity contribution in [3.8, 4) is 17.6 Å². The maximum atomic E-state index is 9.18. The van der Waals surface area contributed by atoms with Crippen LogP contribution in [-0.2, 0) is 6.42 Å². The molecule has 1 aromatic heterocycles. The first-order chi connectivity index (χ1) is 10.8. The van der Waals surface area contributed by atoms with Crippen LogP contribution in [0.4, 0.5) is 5.69 Å². The van der Waals surface area contributed by atoms with E-state index in [9.17, 15) is 5.26 Å². The lowest BCUT2D eigenvalue weighted by molar-refractivity contribution is 0.174. The maximum absolute atomic E-state index is 9.18. The van der Waals surface area contributed by atoms with Crippen molar-refractivity contribution in [2.75, 3.05) is 12.1 Å². The van der Waals surface area contributed by atoms with Gasteiger partial charge in [0, 0.05) is 18.0 Å². The van der Waals surface area contributed by atoms with Gasteiger partial charge < -0.3 is 14.8 Å². The number of fused-ring (bicyclic) bond motifs is 1. The van der Waals surface area contributed by atoms with Crippen molar-refractivity contribution < 1.29 is 9.47 Å². The number of hydrogen-bond acceptors (Lipinski definition) is 7. The van der Waals surface area contributed by atoms with Crippen molar-refractivity contribution in [2.45, 2.75) is 19.8 Å². The smallest absolute Gasteiger partial charge is 0.231 e. The number of benzene rings is 1. The largest absolute Gasteiger partial charge is 0.454 e. The lowest BCUT2D eigenvalue weighted by Gasteiger charge is -2.10. The monoisotopic (exact) mass is 298 g/mol. The number of aromatic nitrogens is 4.